The average molecular weight is 436 g/mol. The Balaban J connectivity index is 1.95. The smallest absolute Gasteiger partial charge is 0.233 e. The summed E-state index contributed by atoms with van der Waals surface area (Å²) < 4.78 is 32.5. The number of aromatic nitrogens is 3. The van der Waals surface area contributed by atoms with Crippen LogP contribution < -0.4 is 5.73 Å². The van der Waals surface area contributed by atoms with E-state index in [9.17, 15) is 8.42 Å². The van der Waals surface area contributed by atoms with Gasteiger partial charge in [0.2, 0.25) is 10.0 Å². The minimum atomic E-state index is -3.44. The van der Waals surface area contributed by atoms with Gasteiger partial charge in [-0.3, -0.25) is 4.84 Å². The molecule has 1 atom stereocenters. The summed E-state index contributed by atoms with van der Waals surface area (Å²) in [6.45, 7) is 5.34. The van der Waals surface area contributed by atoms with Crippen LogP contribution in [0.3, 0.4) is 0 Å². The second kappa shape index (κ2) is 9.25. The molecule has 30 heavy (non-hydrogen) atoms. The quantitative estimate of drug-likeness (QED) is 0.487. The summed E-state index contributed by atoms with van der Waals surface area (Å²) in [5, 5.41) is 0.972. The lowest BCUT2D eigenvalue weighted by Gasteiger charge is -2.24. The Morgan fingerprint density at radius 1 is 1.27 bits per heavy atom. The van der Waals surface area contributed by atoms with Gasteiger partial charge < -0.3 is 15.0 Å². The summed E-state index contributed by atoms with van der Waals surface area (Å²) in [5.74, 6) is 1.16. The molecule has 0 bridgehead atoms. The Morgan fingerprint density at radius 3 is 2.67 bits per heavy atom. The first-order valence-electron chi connectivity index (χ1n) is 9.92. The van der Waals surface area contributed by atoms with E-state index in [4.69, 9.17) is 20.3 Å². The Hall–Kier alpha value is -2.27. The highest BCUT2D eigenvalue weighted by atomic mass is 32.2. The molecule has 0 saturated carbocycles. The molecule has 0 saturated heterocycles. The Morgan fingerprint density at radius 2 is 2.00 bits per heavy atom. The summed E-state index contributed by atoms with van der Waals surface area (Å²) in [6, 6.07) is 7.53. The lowest BCUT2D eigenvalue weighted by molar-refractivity contribution is -0.0775. The highest BCUT2D eigenvalue weighted by Gasteiger charge is 2.23. The predicted octanol–water partition coefficient (Wildman–Crippen LogP) is 2.69. The zero-order valence-electron chi connectivity index (χ0n) is 17.8. The third kappa shape index (κ3) is 4.56. The average Bonchev–Trinajstić information content (AvgIpc) is 3.05. The Bertz CT molecular complexity index is 1130. The molecule has 0 aliphatic carbocycles. The van der Waals surface area contributed by atoms with E-state index in [0.29, 0.717) is 37.5 Å². The minimum Gasteiger partial charge on any atom is -0.382 e. The molecule has 0 radical (unpaired) electrons. The summed E-state index contributed by atoms with van der Waals surface area (Å²) in [4.78, 5) is 14.3. The predicted molar refractivity (Wildman–Crippen MR) is 117 cm³/mol. The van der Waals surface area contributed by atoms with Gasteiger partial charge in [0.15, 0.2) is 5.82 Å². The first-order valence-corrected chi connectivity index (χ1v) is 11.8. The number of hydroxylamine groups is 1. The molecule has 0 fully saturated rings. The second-order valence-corrected chi connectivity index (χ2v) is 9.05. The number of benzene rings is 1. The molecule has 164 valence electrons. The number of hydrogen-bond donors (Lipinski definition) is 1. The molecule has 3 rings (SSSR count). The second-order valence-electron chi connectivity index (χ2n) is 7.22. The summed E-state index contributed by atoms with van der Waals surface area (Å²) in [6.07, 6.45) is 2.48. The summed E-state index contributed by atoms with van der Waals surface area (Å²) in [5.41, 5.74) is 8.59. The van der Waals surface area contributed by atoms with Crippen LogP contribution in [0.25, 0.3) is 21.9 Å². The number of ether oxygens (including phenoxy) is 1. The maximum Gasteiger partial charge on any atom is 0.233 e. The molecule has 3 aromatic rings. The molecule has 1 unspecified atom stereocenters. The summed E-state index contributed by atoms with van der Waals surface area (Å²) in [7, 11) is -2.08. The molecule has 0 amide bonds. The van der Waals surface area contributed by atoms with E-state index >= 15 is 0 Å². The number of aryl methyl sites for hydroxylation is 1. The van der Waals surface area contributed by atoms with Crippen molar-refractivity contribution >= 4 is 37.8 Å². The number of imidazole rings is 1. The van der Waals surface area contributed by atoms with Gasteiger partial charge in [0.1, 0.15) is 17.9 Å². The highest BCUT2D eigenvalue weighted by Crippen LogP contribution is 2.29. The molecule has 0 aliphatic heterocycles. The molecule has 2 heterocycles. The molecule has 0 aliphatic rings. The van der Waals surface area contributed by atoms with Gasteiger partial charge in [0.25, 0.3) is 0 Å². The van der Waals surface area contributed by atoms with Crippen LogP contribution in [0, 0.1) is 0 Å². The zero-order valence-corrected chi connectivity index (χ0v) is 18.6. The van der Waals surface area contributed by atoms with E-state index in [1.807, 2.05) is 38.1 Å². The van der Waals surface area contributed by atoms with Crippen molar-refractivity contribution in [3.63, 3.8) is 0 Å². The number of pyridine rings is 1. The van der Waals surface area contributed by atoms with Crippen molar-refractivity contribution in [2.24, 2.45) is 0 Å². The molecule has 9 nitrogen and oxygen atoms in total. The topological polar surface area (TPSA) is 113 Å². The van der Waals surface area contributed by atoms with Gasteiger partial charge in [0.05, 0.1) is 24.4 Å². The SMILES string of the molecule is CCOCc1nc2c(N)nc3ccccc3c2n1CCCC(C)N(OC)S(C)(=O)=O. The molecule has 10 heteroatoms. The lowest BCUT2D eigenvalue weighted by Crippen LogP contribution is -2.37. The monoisotopic (exact) mass is 435 g/mol. The maximum absolute atomic E-state index is 11.9. The maximum atomic E-state index is 11.9. The van der Waals surface area contributed by atoms with Gasteiger partial charge in [-0.15, -0.1) is 0 Å². The normalized spacial score (nSPS) is 13.5. The molecule has 1 aromatic carbocycles. The first kappa shape index (κ1) is 22.4. The van der Waals surface area contributed by atoms with Crippen molar-refractivity contribution < 1.29 is 18.0 Å². The van der Waals surface area contributed by atoms with Crippen LogP contribution in [0.1, 0.15) is 32.5 Å². The first-order chi connectivity index (χ1) is 14.3. The van der Waals surface area contributed by atoms with E-state index in [0.717, 1.165) is 39.4 Å². The van der Waals surface area contributed by atoms with E-state index in [-0.39, 0.29) is 6.04 Å². The third-order valence-electron chi connectivity index (χ3n) is 4.99. The van der Waals surface area contributed by atoms with Gasteiger partial charge in [0, 0.05) is 24.6 Å². The number of nitrogens with two attached hydrogens (primary N) is 1. The number of nitrogens with zero attached hydrogens (tertiary/aromatic N) is 4. The fourth-order valence-corrected chi connectivity index (χ4v) is 4.77. The largest absolute Gasteiger partial charge is 0.382 e. The molecular weight excluding hydrogens is 406 g/mol. The van der Waals surface area contributed by atoms with E-state index in [2.05, 4.69) is 9.55 Å². The number of nitrogen functional groups attached to an aromatic ring is 1. The van der Waals surface area contributed by atoms with Crippen LogP contribution >= 0.6 is 0 Å². The zero-order chi connectivity index (χ0) is 21.9. The summed E-state index contributed by atoms with van der Waals surface area (Å²) >= 11 is 0. The van der Waals surface area contributed by atoms with E-state index in [1.165, 1.54) is 7.11 Å². The van der Waals surface area contributed by atoms with E-state index < -0.39 is 10.0 Å². The van der Waals surface area contributed by atoms with Gasteiger partial charge in [-0.05, 0) is 32.8 Å². The Labute approximate surface area is 176 Å². The number of para-hydroxylation sites is 1. The molecule has 2 aromatic heterocycles. The highest BCUT2D eigenvalue weighted by molar-refractivity contribution is 7.88. The van der Waals surface area contributed by atoms with Crippen molar-refractivity contribution in [3.05, 3.63) is 30.1 Å². The van der Waals surface area contributed by atoms with Crippen molar-refractivity contribution in [3.8, 4) is 0 Å². The lowest BCUT2D eigenvalue weighted by atomic mass is 10.1. The van der Waals surface area contributed by atoms with Gasteiger partial charge in [-0.25, -0.2) is 18.4 Å². The van der Waals surface area contributed by atoms with Crippen LogP contribution in [0.4, 0.5) is 5.82 Å². The Kier molecular flexibility index (Phi) is 6.91. The van der Waals surface area contributed by atoms with Crippen molar-refractivity contribution in [1.29, 1.82) is 0 Å². The van der Waals surface area contributed by atoms with E-state index in [1.54, 1.807) is 0 Å². The third-order valence-corrected chi connectivity index (χ3v) is 6.16. The van der Waals surface area contributed by atoms with Crippen molar-refractivity contribution in [2.45, 2.75) is 45.9 Å². The van der Waals surface area contributed by atoms with Crippen LogP contribution in [0.15, 0.2) is 24.3 Å². The number of sulfonamides is 1. The van der Waals surface area contributed by atoms with Crippen LogP contribution in [-0.2, 0) is 32.7 Å². The number of hydrogen-bond acceptors (Lipinski definition) is 7. The van der Waals surface area contributed by atoms with Gasteiger partial charge >= 0.3 is 0 Å². The van der Waals surface area contributed by atoms with Gasteiger partial charge in [-0.2, -0.15) is 0 Å². The minimum absolute atomic E-state index is 0.293. The van der Waals surface area contributed by atoms with Gasteiger partial charge in [-0.1, -0.05) is 22.7 Å². The fraction of sp³-hybridized carbons (Fsp3) is 0.500. The molecular formula is C20H29N5O4S. The standard InChI is InChI=1S/C20H29N5O4S/c1-5-29-13-17-23-18-19(15-10-6-7-11-16(15)22-20(18)21)24(17)12-8-9-14(2)25(28-3)30(4,26)27/h6-7,10-11,14H,5,8-9,12-13H2,1-4H3,(H2,21,22). The molecule has 0 spiro atoms. The van der Waals surface area contributed by atoms with Crippen molar-refractivity contribution in [1.82, 2.24) is 19.0 Å². The van der Waals surface area contributed by atoms with Crippen LogP contribution in [0.2, 0.25) is 0 Å². The van der Waals surface area contributed by atoms with Crippen molar-refractivity contribution in [2.75, 3.05) is 25.7 Å². The fourth-order valence-electron chi connectivity index (χ4n) is 3.74. The van der Waals surface area contributed by atoms with Crippen LogP contribution in [0.5, 0.6) is 0 Å². The number of rotatable bonds is 10. The molecule has 2 N–H and O–H groups in total. The van der Waals surface area contributed by atoms with Crippen LogP contribution in [-0.4, -0.2) is 53.4 Å². The number of anilines is 1. The number of fused-ring (bicyclic) bond motifs is 3.